The molecule has 0 N–H and O–H groups in total. The highest BCUT2D eigenvalue weighted by Crippen LogP contribution is 2.37. The Hall–Kier alpha value is -1.66. The summed E-state index contributed by atoms with van der Waals surface area (Å²) in [5, 5.41) is 0.132. The second-order valence-electron chi connectivity index (χ2n) is 6.01. The average molecular weight is 319 g/mol. The molecule has 1 saturated heterocycles. The van der Waals surface area contributed by atoms with E-state index >= 15 is 0 Å². The molecule has 0 saturated carbocycles. The first-order valence-corrected chi connectivity index (χ1v) is 8.90. The van der Waals surface area contributed by atoms with Crippen LogP contribution in [0.5, 0.6) is 0 Å². The van der Waals surface area contributed by atoms with Gasteiger partial charge in [0.15, 0.2) is 5.03 Å². The van der Waals surface area contributed by atoms with E-state index in [1.54, 1.807) is 22.1 Å². The SMILES string of the molecule is Cc1ccc(C)c(C2CCCN2S(=O)(=O)c2cn(C)cn2)c1. The highest BCUT2D eigenvalue weighted by Gasteiger charge is 2.37. The monoisotopic (exact) mass is 319 g/mol. The van der Waals surface area contributed by atoms with Crippen molar-refractivity contribution in [3.8, 4) is 0 Å². The molecule has 5 nitrogen and oxygen atoms in total. The van der Waals surface area contributed by atoms with E-state index in [2.05, 4.69) is 23.2 Å². The van der Waals surface area contributed by atoms with Crippen LogP contribution in [0, 0.1) is 13.8 Å². The van der Waals surface area contributed by atoms with Crippen LogP contribution in [-0.4, -0.2) is 28.8 Å². The van der Waals surface area contributed by atoms with Crippen LogP contribution in [0.3, 0.4) is 0 Å². The number of imidazole rings is 1. The van der Waals surface area contributed by atoms with Gasteiger partial charge in [0, 0.05) is 19.8 Å². The van der Waals surface area contributed by atoms with Crippen LogP contribution in [0.25, 0.3) is 0 Å². The minimum atomic E-state index is -3.54. The summed E-state index contributed by atoms with van der Waals surface area (Å²) in [5.74, 6) is 0. The van der Waals surface area contributed by atoms with Crippen molar-refractivity contribution < 1.29 is 8.42 Å². The molecule has 1 aliphatic heterocycles. The largest absolute Gasteiger partial charge is 0.339 e. The number of hydrogen-bond acceptors (Lipinski definition) is 3. The Bertz CT molecular complexity index is 795. The molecular weight excluding hydrogens is 298 g/mol. The van der Waals surface area contributed by atoms with Crippen molar-refractivity contribution in [1.82, 2.24) is 13.9 Å². The van der Waals surface area contributed by atoms with Gasteiger partial charge in [0.25, 0.3) is 10.0 Å². The van der Waals surface area contributed by atoms with Crippen LogP contribution >= 0.6 is 0 Å². The third-order valence-corrected chi connectivity index (χ3v) is 6.05. The van der Waals surface area contributed by atoms with E-state index in [1.807, 2.05) is 13.8 Å². The molecule has 1 aromatic carbocycles. The molecule has 1 aliphatic rings. The molecule has 2 heterocycles. The topological polar surface area (TPSA) is 55.2 Å². The second kappa shape index (κ2) is 5.52. The molecule has 3 rings (SSSR count). The summed E-state index contributed by atoms with van der Waals surface area (Å²) in [7, 11) is -1.77. The molecule has 1 fully saturated rings. The van der Waals surface area contributed by atoms with Crippen LogP contribution in [-0.2, 0) is 17.1 Å². The zero-order valence-electron chi connectivity index (χ0n) is 13.2. The van der Waals surface area contributed by atoms with Crippen molar-refractivity contribution in [2.24, 2.45) is 7.05 Å². The van der Waals surface area contributed by atoms with Crippen LogP contribution in [0.1, 0.15) is 35.6 Å². The highest BCUT2D eigenvalue weighted by molar-refractivity contribution is 7.89. The average Bonchev–Trinajstić information content (AvgIpc) is 3.10. The summed E-state index contributed by atoms with van der Waals surface area (Å²) >= 11 is 0. The smallest absolute Gasteiger partial charge is 0.262 e. The first-order valence-electron chi connectivity index (χ1n) is 7.46. The van der Waals surface area contributed by atoms with Gasteiger partial charge in [0.1, 0.15) is 0 Å². The van der Waals surface area contributed by atoms with E-state index in [-0.39, 0.29) is 11.1 Å². The van der Waals surface area contributed by atoms with Crippen LogP contribution in [0.4, 0.5) is 0 Å². The van der Waals surface area contributed by atoms with Crippen molar-refractivity contribution in [3.63, 3.8) is 0 Å². The second-order valence-corrected chi connectivity index (χ2v) is 7.85. The molecule has 1 unspecified atom stereocenters. The Labute approximate surface area is 131 Å². The molecule has 1 atom stereocenters. The van der Waals surface area contributed by atoms with E-state index in [9.17, 15) is 8.42 Å². The number of aryl methyl sites for hydroxylation is 3. The van der Waals surface area contributed by atoms with E-state index in [4.69, 9.17) is 0 Å². The lowest BCUT2D eigenvalue weighted by atomic mass is 9.98. The molecule has 22 heavy (non-hydrogen) atoms. The number of rotatable bonds is 3. The van der Waals surface area contributed by atoms with Gasteiger partial charge in [0.05, 0.1) is 12.4 Å². The third kappa shape index (κ3) is 2.57. The van der Waals surface area contributed by atoms with Crippen molar-refractivity contribution in [1.29, 1.82) is 0 Å². The summed E-state index contributed by atoms with van der Waals surface area (Å²) in [6.07, 6.45) is 4.82. The molecule has 6 heteroatoms. The number of aromatic nitrogens is 2. The standard InChI is InChI=1S/C16H21N3O2S/c1-12-6-7-13(2)14(9-12)15-5-4-8-19(15)22(20,21)16-10-18(3)11-17-16/h6-7,9-11,15H,4-5,8H2,1-3H3. The minimum absolute atomic E-state index is 0.0908. The Morgan fingerprint density at radius 3 is 2.73 bits per heavy atom. The highest BCUT2D eigenvalue weighted by atomic mass is 32.2. The van der Waals surface area contributed by atoms with Gasteiger partial charge in [-0.05, 0) is 37.8 Å². The maximum Gasteiger partial charge on any atom is 0.262 e. The van der Waals surface area contributed by atoms with Gasteiger partial charge in [0.2, 0.25) is 0 Å². The maximum absolute atomic E-state index is 12.9. The third-order valence-electron chi connectivity index (χ3n) is 4.25. The minimum Gasteiger partial charge on any atom is -0.339 e. The Morgan fingerprint density at radius 1 is 1.27 bits per heavy atom. The lowest BCUT2D eigenvalue weighted by molar-refractivity contribution is 0.394. The number of sulfonamides is 1. The summed E-state index contributed by atoms with van der Waals surface area (Å²) in [6.45, 7) is 4.63. The van der Waals surface area contributed by atoms with Crippen LogP contribution in [0.2, 0.25) is 0 Å². The quantitative estimate of drug-likeness (QED) is 0.873. The lowest BCUT2D eigenvalue weighted by Crippen LogP contribution is -2.31. The van der Waals surface area contributed by atoms with Crippen LogP contribution < -0.4 is 0 Å². The number of hydrogen-bond donors (Lipinski definition) is 0. The summed E-state index contributed by atoms with van der Waals surface area (Å²) < 4.78 is 29.0. The van der Waals surface area contributed by atoms with Gasteiger partial charge >= 0.3 is 0 Å². The zero-order chi connectivity index (χ0) is 15.9. The van der Waals surface area contributed by atoms with E-state index < -0.39 is 10.0 Å². The molecule has 0 bridgehead atoms. The molecule has 0 spiro atoms. The van der Waals surface area contributed by atoms with Gasteiger partial charge in [-0.15, -0.1) is 0 Å². The van der Waals surface area contributed by atoms with E-state index in [0.717, 1.165) is 29.5 Å². The first-order chi connectivity index (χ1) is 10.4. The summed E-state index contributed by atoms with van der Waals surface area (Å²) in [6, 6.07) is 6.14. The Kier molecular flexibility index (Phi) is 3.82. The molecule has 0 radical (unpaired) electrons. The number of nitrogens with zero attached hydrogens (tertiary/aromatic N) is 3. The van der Waals surface area contributed by atoms with Gasteiger partial charge in [-0.3, -0.25) is 0 Å². The predicted molar refractivity (Wildman–Crippen MR) is 85.0 cm³/mol. The van der Waals surface area contributed by atoms with Gasteiger partial charge in [-0.25, -0.2) is 13.4 Å². The number of benzene rings is 1. The van der Waals surface area contributed by atoms with Crippen molar-refractivity contribution in [3.05, 3.63) is 47.4 Å². The molecule has 2 aromatic rings. The van der Waals surface area contributed by atoms with Gasteiger partial charge < -0.3 is 4.57 Å². The van der Waals surface area contributed by atoms with Crippen molar-refractivity contribution >= 4 is 10.0 Å². The maximum atomic E-state index is 12.9. The normalized spacial score (nSPS) is 19.7. The van der Waals surface area contributed by atoms with Gasteiger partial charge in [-0.2, -0.15) is 4.31 Å². The van der Waals surface area contributed by atoms with Crippen molar-refractivity contribution in [2.45, 2.75) is 37.8 Å². The molecule has 1 aromatic heterocycles. The predicted octanol–water partition coefficient (Wildman–Crippen LogP) is 2.56. The molecular formula is C16H21N3O2S. The fourth-order valence-corrected chi connectivity index (χ4v) is 4.74. The fraction of sp³-hybridized carbons (Fsp3) is 0.438. The first kappa shape index (κ1) is 15.2. The molecule has 0 aliphatic carbocycles. The van der Waals surface area contributed by atoms with Crippen molar-refractivity contribution in [2.75, 3.05) is 6.54 Å². The molecule has 118 valence electrons. The lowest BCUT2D eigenvalue weighted by Gasteiger charge is -2.25. The molecule has 0 amide bonds. The zero-order valence-corrected chi connectivity index (χ0v) is 14.0. The van der Waals surface area contributed by atoms with Crippen LogP contribution in [0.15, 0.2) is 35.7 Å². The Balaban J connectivity index is 2.02. The summed E-state index contributed by atoms with van der Waals surface area (Å²) in [5.41, 5.74) is 3.40. The fourth-order valence-electron chi connectivity index (χ4n) is 3.10. The van der Waals surface area contributed by atoms with E-state index in [1.165, 1.54) is 6.33 Å². The van der Waals surface area contributed by atoms with Gasteiger partial charge in [-0.1, -0.05) is 23.8 Å². The van der Waals surface area contributed by atoms with E-state index in [0.29, 0.717) is 6.54 Å². The summed E-state index contributed by atoms with van der Waals surface area (Å²) in [4.78, 5) is 4.03. The Morgan fingerprint density at radius 2 is 2.05 bits per heavy atom.